The first kappa shape index (κ1) is 16.2. The van der Waals surface area contributed by atoms with Crippen LogP contribution in [0, 0.1) is 0 Å². The molecule has 1 heterocycles. The molecule has 1 N–H and O–H groups in total. The first-order valence-electron chi connectivity index (χ1n) is 5.94. The number of imide groups is 2. The molecular weight excluding hydrogens is 321 g/mol. The van der Waals surface area contributed by atoms with Crippen LogP contribution in [0.5, 0.6) is 0 Å². The highest BCUT2D eigenvalue weighted by atomic mass is 32.2. The van der Waals surface area contributed by atoms with E-state index in [2.05, 4.69) is 0 Å². The molecule has 5 nitrogen and oxygen atoms in total. The molecule has 22 heavy (non-hydrogen) atoms. The molecule has 0 aromatic heterocycles. The van der Waals surface area contributed by atoms with E-state index in [1.165, 1.54) is 6.07 Å². The second kappa shape index (κ2) is 5.56. The van der Waals surface area contributed by atoms with E-state index in [4.69, 9.17) is 0 Å². The second-order valence-electron chi connectivity index (χ2n) is 4.59. The van der Waals surface area contributed by atoms with E-state index in [9.17, 15) is 27.6 Å². The van der Waals surface area contributed by atoms with Crippen LogP contribution in [0.4, 0.5) is 23.7 Å². The summed E-state index contributed by atoms with van der Waals surface area (Å²) in [4.78, 5) is 36.2. The van der Waals surface area contributed by atoms with Gasteiger partial charge in [0.1, 0.15) is 4.86 Å². The van der Waals surface area contributed by atoms with Crippen LogP contribution >= 0.6 is 10.5 Å². The lowest BCUT2D eigenvalue weighted by atomic mass is 10.1. The van der Waals surface area contributed by atoms with Crippen molar-refractivity contribution in [3.05, 3.63) is 29.8 Å². The Hall–Kier alpha value is -2.16. The van der Waals surface area contributed by atoms with Gasteiger partial charge in [-0.05, 0) is 30.7 Å². The lowest BCUT2D eigenvalue weighted by Gasteiger charge is -2.27. The van der Waals surface area contributed by atoms with Gasteiger partial charge in [0, 0.05) is 0 Å². The van der Waals surface area contributed by atoms with Crippen molar-refractivity contribution in [3.8, 4) is 0 Å². The predicted octanol–water partition coefficient (Wildman–Crippen LogP) is 1.99. The molecule has 9 heteroatoms. The minimum absolute atomic E-state index is 0.156. The molecule has 1 aromatic carbocycles. The summed E-state index contributed by atoms with van der Waals surface area (Å²) in [6, 6.07) is 2.74. The number of alkyl halides is 3. The monoisotopic (exact) mass is 332 g/mol. The van der Waals surface area contributed by atoms with Crippen LogP contribution in [-0.4, -0.2) is 35.2 Å². The second-order valence-corrected chi connectivity index (χ2v) is 6.63. The molecule has 1 saturated heterocycles. The molecule has 118 valence electrons. The van der Waals surface area contributed by atoms with Gasteiger partial charge in [-0.15, -0.1) is 0 Å². The first-order chi connectivity index (χ1) is 10.1. The average molecular weight is 332 g/mol. The van der Waals surface area contributed by atoms with Crippen molar-refractivity contribution in [2.24, 2.45) is 0 Å². The molecule has 0 spiro atoms. The van der Waals surface area contributed by atoms with Gasteiger partial charge in [-0.1, -0.05) is 6.07 Å². The van der Waals surface area contributed by atoms with E-state index >= 15 is 0 Å². The number of anilines is 1. The molecule has 1 aliphatic heterocycles. The lowest BCUT2D eigenvalue weighted by molar-refractivity contribution is -0.137. The number of carbonyl (C=O) groups is 3. The lowest BCUT2D eigenvalue weighted by Crippen LogP contribution is -2.58. The quantitative estimate of drug-likeness (QED) is 0.800. The SMILES string of the molecule is CS(C)=C1C(=O)NC(=O)N(c2cccc(C(F)(F)F)c2)C1=O. The van der Waals surface area contributed by atoms with E-state index in [0.29, 0.717) is 11.0 Å². The Morgan fingerprint density at radius 2 is 1.77 bits per heavy atom. The molecule has 1 aromatic rings. The molecule has 0 atom stereocenters. The standard InChI is InChI=1S/C13H11F3N2O3S/c1-22(2)9-10(19)17-12(21)18(11(9)20)8-5-3-4-7(6-8)13(14,15)16/h3-6H,1-2H3,(H,17,19,21). The van der Waals surface area contributed by atoms with Crippen LogP contribution in [0.3, 0.4) is 0 Å². The highest BCUT2D eigenvalue weighted by Gasteiger charge is 2.39. The number of hydrogen-bond donors (Lipinski definition) is 1. The van der Waals surface area contributed by atoms with Crippen molar-refractivity contribution in [2.45, 2.75) is 6.18 Å². The topological polar surface area (TPSA) is 66.5 Å². The molecule has 0 unspecified atom stereocenters. The fraction of sp³-hybridized carbons (Fsp3) is 0.231. The molecule has 0 saturated carbocycles. The maximum absolute atomic E-state index is 12.7. The van der Waals surface area contributed by atoms with Crippen LogP contribution in [0.1, 0.15) is 5.56 Å². The molecule has 0 aliphatic carbocycles. The molecule has 0 bridgehead atoms. The van der Waals surface area contributed by atoms with Gasteiger partial charge >= 0.3 is 12.2 Å². The highest BCUT2D eigenvalue weighted by Crippen LogP contribution is 2.32. The molecular formula is C13H11F3N2O3S. The van der Waals surface area contributed by atoms with Crippen molar-refractivity contribution in [1.29, 1.82) is 0 Å². The van der Waals surface area contributed by atoms with E-state index in [1.807, 2.05) is 5.32 Å². The van der Waals surface area contributed by atoms with E-state index in [1.54, 1.807) is 12.5 Å². The van der Waals surface area contributed by atoms with Crippen molar-refractivity contribution >= 4 is 38.9 Å². The summed E-state index contributed by atoms with van der Waals surface area (Å²) in [6.07, 6.45) is -1.40. The number of nitrogens with one attached hydrogen (secondary N) is 1. The number of urea groups is 1. The number of rotatable bonds is 1. The summed E-state index contributed by atoms with van der Waals surface area (Å²) in [7, 11) is -0.755. The number of hydrogen-bond acceptors (Lipinski definition) is 3. The summed E-state index contributed by atoms with van der Waals surface area (Å²) >= 11 is 0. The summed E-state index contributed by atoms with van der Waals surface area (Å²) in [5.74, 6) is -1.71. The van der Waals surface area contributed by atoms with E-state index in [-0.39, 0.29) is 10.6 Å². The minimum atomic E-state index is -4.60. The molecule has 2 rings (SSSR count). The third kappa shape index (κ3) is 2.89. The zero-order valence-corrected chi connectivity index (χ0v) is 12.3. The fourth-order valence-corrected chi connectivity index (χ4v) is 2.78. The zero-order chi connectivity index (χ0) is 16.7. The molecule has 4 amide bonds. The van der Waals surface area contributed by atoms with E-state index < -0.39 is 40.1 Å². The third-order valence-corrected chi connectivity index (χ3v) is 4.04. The predicted molar refractivity (Wildman–Crippen MR) is 76.9 cm³/mol. The van der Waals surface area contributed by atoms with Crippen LogP contribution < -0.4 is 10.2 Å². The van der Waals surface area contributed by atoms with Gasteiger partial charge in [-0.2, -0.15) is 23.7 Å². The van der Waals surface area contributed by atoms with Crippen LogP contribution in [-0.2, 0) is 15.8 Å². The largest absolute Gasteiger partial charge is 0.416 e. The fourth-order valence-electron chi connectivity index (χ4n) is 1.92. The third-order valence-electron chi connectivity index (χ3n) is 2.87. The number of nitrogens with zero attached hydrogens (tertiary/aromatic N) is 1. The van der Waals surface area contributed by atoms with Gasteiger partial charge in [0.2, 0.25) is 0 Å². The first-order valence-corrected chi connectivity index (χ1v) is 7.98. The normalized spacial score (nSPS) is 16.4. The zero-order valence-electron chi connectivity index (χ0n) is 11.5. The Labute approximate surface area is 126 Å². The number of carbonyl (C=O) groups excluding carboxylic acids is 3. The van der Waals surface area contributed by atoms with Crippen LogP contribution in [0.15, 0.2) is 24.3 Å². The van der Waals surface area contributed by atoms with Crippen LogP contribution in [0.2, 0.25) is 0 Å². The summed E-state index contributed by atoms with van der Waals surface area (Å²) in [6.45, 7) is 0. The average Bonchev–Trinajstić information content (AvgIpc) is 2.36. The van der Waals surface area contributed by atoms with Gasteiger partial charge in [0.05, 0.1) is 11.3 Å². The Morgan fingerprint density at radius 1 is 1.14 bits per heavy atom. The van der Waals surface area contributed by atoms with E-state index in [0.717, 1.165) is 12.1 Å². The molecule has 0 radical (unpaired) electrons. The molecule has 1 fully saturated rings. The minimum Gasteiger partial charge on any atom is -0.273 e. The molecule has 1 aliphatic rings. The van der Waals surface area contributed by atoms with Crippen LogP contribution in [0.25, 0.3) is 0 Å². The summed E-state index contributed by atoms with van der Waals surface area (Å²) in [5, 5.41) is 1.96. The Morgan fingerprint density at radius 3 is 2.32 bits per heavy atom. The number of amides is 4. The Bertz CT molecular complexity index is 709. The van der Waals surface area contributed by atoms with Crippen molar-refractivity contribution in [1.82, 2.24) is 5.32 Å². The van der Waals surface area contributed by atoms with Crippen molar-refractivity contribution in [2.75, 3.05) is 17.4 Å². The smallest absolute Gasteiger partial charge is 0.273 e. The summed E-state index contributed by atoms with van der Waals surface area (Å²) < 4.78 is 38.2. The van der Waals surface area contributed by atoms with Gasteiger partial charge in [0.15, 0.2) is 0 Å². The van der Waals surface area contributed by atoms with Gasteiger partial charge < -0.3 is 0 Å². The number of barbiturate groups is 1. The maximum atomic E-state index is 12.7. The maximum Gasteiger partial charge on any atom is 0.416 e. The van der Waals surface area contributed by atoms with Crippen molar-refractivity contribution < 1.29 is 27.6 Å². The highest BCUT2D eigenvalue weighted by molar-refractivity contribution is 8.16. The van der Waals surface area contributed by atoms with Gasteiger partial charge in [0.25, 0.3) is 11.8 Å². The number of halogens is 3. The Kier molecular flexibility index (Phi) is 4.10. The van der Waals surface area contributed by atoms with Gasteiger partial charge in [-0.3, -0.25) is 14.9 Å². The van der Waals surface area contributed by atoms with Gasteiger partial charge in [-0.25, -0.2) is 9.69 Å². The summed E-state index contributed by atoms with van der Waals surface area (Å²) in [5.41, 5.74) is -1.23. The van der Waals surface area contributed by atoms with Crippen molar-refractivity contribution in [3.63, 3.8) is 0 Å². The Balaban J connectivity index is 2.52. The number of benzene rings is 1.